The maximum Gasteiger partial charge on any atom is 0.287 e. The minimum absolute atomic E-state index is 0.0681. The highest BCUT2D eigenvalue weighted by atomic mass is 79.9. The van der Waals surface area contributed by atoms with Crippen molar-refractivity contribution >= 4 is 51.4 Å². The van der Waals surface area contributed by atoms with E-state index in [1.54, 1.807) is 61.7 Å². The maximum atomic E-state index is 12.7. The fourth-order valence-corrected chi connectivity index (χ4v) is 3.72. The third kappa shape index (κ3) is 6.13. The number of hydrogen-bond donors (Lipinski definition) is 2. The number of amides is 2. The van der Waals surface area contributed by atoms with Crippen LogP contribution >= 0.6 is 27.3 Å². The van der Waals surface area contributed by atoms with Crippen molar-refractivity contribution in [3.63, 3.8) is 0 Å². The second-order valence-corrected chi connectivity index (χ2v) is 7.88. The maximum absolute atomic E-state index is 12.7. The van der Waals surface area contributed by atoms with Crippen molar-refractivity contribution in [2.24, 2.45) is 5.10 Å². The normalized spacial score (nSPS) is 11.3. The minimum atomic E-state index is -0.540. The van der Waals surface area contributed by atoms with Gasteiger partial charge in [0.25, 0.3) is 11.8 Å². The standard InChI is InChI=1S/C22H18BrN3O3S/c1-29-18-9-7-15(8-10-18)11-20(25-21(27)16-5-3-2-4-6-16)22(28)26-24-13-19-12-17(23)14-30-19/h2-14H,1H3,(H,25,27)(H,26,28). The number of benzene rings is 2. The Morgan fingerprint density at radius 3 is 2.47 bits per heavy atom. The molecule has 0 atom stereocenters. The van der Waals surface area contributed by atoms with Gasteiger partial charge in [-0.2, -0.15) is 5.10 Å². The molecule has 3 rings (SSSR count). The molecule has 0 spiro atoms. The molecular weight excluding hydrogens is 466 g/mol. The number of rotatable bonds is 7. The first kappa shape index (κ1) is 21.5. The van der Waals surface area contributed by atoms with Gasteiger partial charge in [0.15, 0.2) is 0 Å². The van der Waals surface area contributed by atoms with Gasteiger partial charge in [-0.05, 0) is 57.9 Å². The van der Waals surface area contributed by atoms with Crippen molar-refractivity contribution in [1.29, 1.82) is 0 Å². The van der Waals surface area contributed by atoms with Crippen molar-refractivity contribution in [3.8, 4) is 5.75 Å². The molecule has 8 heteroatoms. The van der Waals surface area contributed by atoms with E-state index in [1.165, 1.54) is 17.6 Å². The lowest BCUT2D eigenvalue weighted by Crippen LogP contribution is -2.32. The number of nitrogens with zero attached hydrogens (tertiary/aromatic N) is 1. The summed E-state index contributed by atoms with van der Waals surface area (Å²) in [4.78, 5) is 26.1. The zero-order valence-corrected chi connectivity index (χ0v) is 18.4. The van der Waals surface area contributed by atoms with Crippen LogP contribution < -0.4 is 15.5 Å². The number of carbonyl (C=O) groups excluding carboxylic acids is 2. The molecule has 0 aliphatic rings. The van der Waals surface area contributed by atoms with E-state index in [0.717, 1.165) is 14.9 Å². The van der Waals surface area contributed by atoms with Gasteiger partial charge in [-0.3, -0.25) is 9.59 Å². The molecule has 2 N–H and O–H groups in total. The molecule has 152 valence electrons. The van der Waals surface area contributed by atoms with Crippen LogP contribution in [0.3, 0.4) is 0 Å². The van der Waals surface area contributed by atoms with Crippen LogP contribution in [0.25, 0.3) is 6.08 Å². The van der Waals surface area contributed by atoms with E-state index < -0.39 is 11.8 Å². The van der Waals surface area contributed by atoms with Gasteiger partial charge in [-0.1, -0.05) is 30.3 Å². The van der Waals surface area contributed by atoms with Crippen LogP contribution in [0.1, 0.15) is 20.8 Å². The number of methoxy groups -OCH3 is 1. The van der Waals surface area contributed by atoms with Crippen molar-refractivity contribution in [3.05, 3.63) is 92.2 Å². The number of hydrazone groups is 1. The summed E-state index contributed by atoms with van der Waals surface area (Å²) in [5.74, 6) is -0.239. The molecule has 6 nitrogen and oxygen atoms in total. The fraction of sp³-hybridized carbons (Fsp3) is 0.0455. The Morgan fingerprint density at radius 2 is 1.83 bits per heavy atom. The van der Waals surface area contributed by atoms with Gasteiger partial charge < -0.3 is 10.1 Å². The topological polar surface area (TPSA) is 79.8 Å². The van der Waals surface area contributed by atoms with Crippen LogP contribution in [0.2, 0.25) is 0 Å². The molecule has 3 aromatic rings. The molecule has 0 saturated heterocycles. The average molecular weight is 484 g/mol. The van der Waals surface area contributed by atoms with Crippen LogP contribution in [-0.2, 0) is 4.79 Å². The molecule has 0 fully saturated rings. The van der Waals surface area contributed by atoms with E-state index in [0.29, 0.717) is 11.3 Å². The largest absolute Gasteiger partial charge is 0.497 e. The Morgan fingerprint density at radius 1 is 1.10 bits per heavy atom. The highest BCUT2D eigenvalue weighted by Gasteiger charge is 2.14. The molecule has 0 aliphatic carbocycles. The van der Waals surface area contributed by atoms with Gasteiger partial charge in [0.2, 0.25) is 0 Å². The van der Waals surface area contributed by atoms with Crippen LogP contribution in [0.5, 0.6) is 5.75 Å². The van der Waals surface area contributed by atoms with E-state index in [2.05, 4.69) is 31.8 Å². The Labute approximate surface area is 186 Å². The second kappa shape index (κ2) is 10.5. The van der Waals surface area contributed by atoms with Gasteiger partial charge in [-0.25, -0.2) is 5.43 Å². The summed E-state index contributed by atoms with van der Waals surface area (Å²) in [5, 5.41) is 8.56. The minimum Gasteiger partial charge on any atom is -0.497 e. The Balaban J connectivity index is 1.79. The number of thiophene rings is 1. The van der Waals surface area contributed by atoms with Gasteiger partial charge in [0.1, 0.15) is 11.4 Å². The van der Waals surface area contributed by atoms with E-state index in [-0.39, 0.29) is 5.70 Å². The summed E-state index contributed by atoms with van der Waals surface area (Å²) in [5.41, 5.74) is 3.69. The summed E-state index contributed by atoms with van der Waals surface area (Å²) in [6.07, 6.45) is 3.12. The lowest BCUT2D eigenvalue weighted by Gasteiger charge is -2.09. The summed E-state index contributed by atoms with van der Waals surface area (Å²) < 4.78 is 6.09. The molecular formula is C22H18BrN3O3S. The van der Waals surface area contributed by atoms with Crippen molar-refractivity contribution in [2.45, 2.75) is 0 Å². The molecule has 1 heterocycles. The highest BCUT2D eigenvalue weighted by Crippen LogP contribution is 2.18. The van der Waals surface area contributed by atoms with Crippen molar-refractivity contribution in [2.75, 3.05) is 7.11 Å². The third-order valence-corrected chi connectivity index (χ3v) is 5.53. The van der Waals surface area contributed by atoms with E-state index in [9.17, 15) is 9.59 Å². The summed E-state index contributed by atoms with van der Waals surface area (Å²) in [6, 6.07) is 17.7. The predicted molar refractivity (Wildman–Crippen MR) is 123 cm³/mol. The van der Waals surface area contributed by atoms with Crippen molar-refractivity contribution in [1.82, 2.24) is 10.7 Å². The Kier molecular flexibility index (Phi) is 7.53. The van der Waals surface area contributed by atoms with Gasteiger partial charge >= 0.3 is 0 Å². The van der Waals surface area contributed by atoms with Crippen LogP contribution in [0.15, 0.2) is 81.3 Å². The van der Waals surface area contributed by atoms with Crippen LogP contribution in [0, 0.1) is 0 Å². The fourth-order valence-electron chi connectivity index (χ4n) is 2.42. The number of hydrogen-bond acceptors (Lipinski definition) is 5. The Hall–Kier alpha value is -3.23. The first-order chi connectivity index (χ1) is 14.5. The van der Waals surface area contributed by atoms with E-state index in [1.807, 2.05) is 17.5 Å². The molecule has 0 aliphatic heterocycles. The van der Waals surface area contributed by atoms with E-state index >= 15 is 0 Å². The second-order valence-electron chi connectivity index (χ2n) is 6.02. The van der Waals surface area contributed by atoms with Gasteiger partial charge in [-0.15, -0.1) is 11.3 Å². The molecule has 2 aromatic carbocycles. The summed E-state index contributed by atoms with van der Waals surface area (Å²) in [7, 11) is 1.58. The number of ether oxygens (including phenoxy) is 1. The quantitative estimate of drug-likeness (QED) is 0.296. The molecule has 1 aromatic heterocycles. The molecule has 0 saturated carbocycles. The number of carbonyl (C=O) groups is 2. The molecule has 0 radical (unpaired) electrons. The molecule has 2 amide bonds. The average Bonchev–Trinajstić information content (AvgIpc) is 3.19. The zero-order valence-electron chi connectivity index (χ0n) is 16.0. The molecule has 0 bridgehead atoms. The summed E-state index contributed by atoms with van der Waals surface area (Å²) >= 11 is 4.85. The third-order valence-electron chi connectivity index (χ3n) is 3.90. The highest BCUT2D eigenvalue weighted by molar-refractivity contribution is 9.10. The predicted octanol–water partition coefficient (Wildman–Crippen LogP) is 4.44. The number of halogens is 1. The zero-order chi connectivity index (χ0) is 21.3. The smallest absolute Gasteiger partial charge is 0.287 e. The van der Waals surface area contributed by atoms with E-state index in [4.69, 9.17) is 4.74 Å². The monoisotopic (exact) mass is 483 g/mol. The summed E-state index contributed by atoms with van der Waals surface area (Å²) in [6.45, 7) is 0. The van der Waals surface area contributed by atoms with Crippen LogP contribution in [-0.4, -0.2) is 25.1 Å². The Bertz CT molecular complexity index is 1080. The van der Waals surface area contributed by atoms with Crippen molar-refractivity contribution < 1.29 is 14.3 Å². The number of nitrogens with one attached hydrogen (secondary N) is 2. The first-order valence-corrected chi connectivity index (χ1v) is 10.5. The van der Waals surface area contributed by atoms with Gasteiger partial charge in [0, 0.05) is 20.3 Å². The lowest BCUT2D eigenvalue weighted by molar-refractivity contribution is -0.117. The van der Waals surface area contributed by atoms with Gasteiger partial charge in [0.05, 0.1) is 13.3 Å². The molecule has 0 unspecified atom stereocenters. The lowest BCUT2D eigenvalue weighted by atomic mass is 10.1. The van der Waals surface area contributed by atoms with Crippen LogP contribution in [0.4, 0.5) is 0 Å². The SMILES string of the molecule is COc1ccc(C=C(NC(=O)c2ccccc2)C(=O)NN=Cc2cc(Br)cs2)cc1. The first-order valence-electron chi connectivity index (χ1n) is 8.85. The molecule has 30 heavy (non-hydrogen) atoms.